The number of hydrogen-bond donors (Lipinski definition) is 2. The van der Waals surface area contributed by atoms with Crippen molar-refractivity contribution in [1.82, 2.24) is 10.6 Å². The lowest BCUT2D eigenvalue weighted by Gasteiger charge is -2.12. The molecule has 0 atom stereocenters. The zero-order valence-electron chi connectivity index (χ0n) is 15.0. The Morgan fingerprint density at radius 1 is 1.21 bits per heavy atom. The van der Waals surface area contributed by atoms with E-state index in [4.69, 9.17) is 4.74 Å². The number of rotatable bonds is 10. The molecule has 24 heavy (non-hydrogen) atoms. The maximum absolute atomic E-state index is 13.1. The van der Waals surface area contributed by atoms with Gasteiger partial charge in [-0.1, -0.05) is 6.07 Å². The van der Waals surface area contributed by atoms with Crippen LogP contribution in [-0.4, -0.2) is 39.3 Å². The largest absolute Gasteiger partial charge is 0.385 e. The van der Waals surface area contributed by atoms with E-state index in [9.17, 15) is 4.39 Å². The Balaban J connectivity index is 0.00000529. The third kappa shape index (κ3) is 10.1. The van der Waals surface area contributed by atoms with E-state index in [1.165, 1.54) is 6.07 Å². The summed E-state index contributed by atoms with van der Waals surface area (Å²) in [6.07, 6.45) is 4.13. The van der Waals surface area contributed by atoms with Crippen LogP contribution in [0.25, 0.3) is 0 Å². The van der Waals surface area contributed by atoms with Crippen LogP contribution in [0.2, 0.25) is 0 Å². The topological polar surface area (TPSA) is 45.7 Å². The molecule has 1 aromatic carbocycles. The van der Waals surface area contributed by atoms with Gasteiger partial charge < -0.3 is 15.4 Å². The van der Waals surface area contributed by atoms with Gasteiger partial charge in [-0.3, -0.25) is 4.99 Å². The highest BCUT2D eigenvalue weighted by Gasteiger charge is 2.01. The first-order valence-electron chi connectivity index (χ1n) is 8.43. The van der Waals surface area contributed by atoms with Crippen molar-refractivity contribution in [2.75, 3.05) is 33.4 Å². The second kappa shape index (κ2) is 14.5. The summed E-state index contributed by atoms with van der Waals surface area (Å²) in [5, 5.41) is 6.58. The molecule has 4 nitrogen and oxygen atoms in total. The Kier molecular flexibility index (Phi) is 13.9. The average molecular weight is 451 g/mol. The second-order valence-electron chi connectivity index (χ2n) is 5.56. The molecule has 0 spiro atoms. The summed E-state index contributed by atoms with van der Waals surface area (Å²) in [7, 11) is 1.73. The molecule has 0 aliphatic rings. The fourth-order valence-electron chi connectivity index (χ4n) is 2.32. The normalized spacial score (nSPS) is 11.1. The van der Waals surface area contributed by atoms with Crippen LogP contribution >= 0.6 is 24.0 Å². The molecule has 0 radical (unpaired) electrons. The quantitative estimate of drug-likeness (QED) is 0.247. The van der Waals surface area contributed by atoms with Crippen molar-refractivity contribution in [3.8, 4) is 0 Å². The van der Waals surface area contributed by atoms with Crippen LogP contribution in [0.1, 0.15) is 37.3 Å². The zero-order valence-corrected chi connectivity index (χ0v) is 17.4. The summed E-state index contributed by atoms with van der Waals surface area (Å²) in [6.45, 7) is 7.25. The molecule has 0 unspecified atom stereocenters. The van der Waals surface area contributed by atoms with Crippen molar-refractivity contribution in [3.05, 3.63) is 35.1 Å². The number of unbranched alkanes of at least 4 members (excludes halogenated alkanes) is 2. The molecule has 0 aliphatic carbocycles. The highest BCUT2D eigenvalue weighted by Crippen LogP contribution is 2.10. The van der Waals surface area contributed by atoms with Crippen molar-refractivity contribution in [2.45, 2.75) is 39.5 Å². The Morgan fingerprint density at radius 2 is 2.00 bits per heavy atom. The van der Waals surface area contributed by atoms with Crippen LogP contribution < -0.4 is 10.6 Å². The molecule has 1 aromatic rings. The van der Waals surface area contributed by atoms with E-state index >= 15 is 0 Å². The number of methoxy groups -OCH3 is 1. The highest BCUT2D eigenvalue weighted by molar-refractivity contribution is 14.0. The predicted octanol–water partition coefficient (Wildman–Crippen LogP) is 3.67. The third-order valence-corrected chi connectivity index (χ3v) is 3.61. The van der Waals surface area contributed by atoms with Crippen LogP contribution in [0.4, 0.5) is 4.39 Å². The zero-order chi connectivity index (χ0) is 16.9. The van der Waals surface area contributed by atoms with E-state index in [0.717, 1.165) is 69.0 Å². The van der Waals surface area contributed by atoms with Crippen LogP contribution in [0.15, 0.2) is 23.2 Å². The highest BCUT2D eigenvalue weighted by atomic mass is 127. The Bertz CT molecular complexity index is 483. The van der Waals surface area contributed by atoms with Gasteiger partial charge in [-0.15, -0.1) is 24.0 Å². The summed E-state index contributed by atoms with van der Waals surface area (Å²) in [4.78, 5) is 4.57. The van der Waals surface area contributed by atoms with Crippen molar-refractivity contribution < 1.29 is 9.13 Å². The molecule has 0 fully saturated rings. The van der Waals surface area contributed by atoms with Gasteiger partial charge in [-0.25, -0.2) is 4.39 Å². The van der Waals surface area contributed by atoms with Crippen LogP contribution in [0, 0.1) is 12.7 Å². The molecule has 0 saturated carbocycles. The lowest BCUT2D eigenvalue weighted by molar-refractivity contribution is 0.192. The Hall–Kier alpha value is -0.890. The van der Waals surface area contributed by atoms with Crippen molar-refractivity contribution >= 4 is 29.9 Å². The lowest BCUT2D eigenvalue weighted by Crippen LogP contribution is -2.38. The first-order chi connectivity index (χ1) is 11.2. The molecule has 1 rings (SSSR count). The van der Waals surface area contributed by atoms with E-state index in [1.54, 1.807) is 13.2 Å². The van der Waals surface area contributed by atoms with Crippen molar-refractivity contribution in [2.24, 2.45) is 4.99 Å². The second-order valence-corrected chi connectivity index (χ2v) is 5.56. The third-order valence-electron chi connectivity index (χ3n) is 3.61. The summed E-state index contributed by atoms with van der Waals surface area (Å²) in [5.41, 5.74) is 2.15. The minimum atomic E-state index is -0.178. The maximum atomic E-state index is 13.1. The number of guanidine groups is 1. The van der Waals surface area contributed by atoms with Gasteiger partial charge in [0.1, 0.15) is 5.82 Å². The minimum Gasteiger partial charge on any atom is -0.385 e. The van der Waals surface area contributed by atoms with Gasteiger partial charge in [0.15, 0.2) is 5.96 Å². The van der Waals surface area contributed by atoms with E-state index in [-0.39, 0.29) is 29.8 Å². The fourth-order valence-corrected chi connectivity index (χ4v) is 2.32. The summed E-state index contributed by atoms with van der Waals surface area (Å²) in [6, 6.07) is 4.95. The summed E-state index contributed by atoms with van der Waals surface area (Å²) >= 11 is 0. The molecule has 0 aliphatic heterocycles. The Labute approximate surface area is 162 Å². The molecular weight excluding hydrogens is 420 g/mol. The molecule has 0 saturated heterocycles. The molecule has 0 heterocycles. The number of nitrogens with one attached hydrogen (secondary N) is 2. The first-order valence-corrected chi connectivity index (χ1v) is 8.43. The monoisotopic (exact) mass is 451 g/mol. The summed E-state index contributed by atoms with van der Waals surface area (Å²) in [5.74, 6) is 0.668. The number of ether oxygens (including phenoxy) is 1. The Morgan fingerprint density at radius 3 is 2.67 bits per heavy atom. The minimum absolute atomic E-state index is 0. The smallest absolute Gasteiger partial charge is 0.191 e. The summed E-state index contributed by atoms with van der Waals surface area (Å²) < 4.78 is 18.1. The molecule has 0 aromatic heterocycles. The molecular formula is C18H31FIN3O. The standard InChI is InChI=1S/C18H30FN3O.HI/c1-4-20-18(21-11-6-5-7-13-23-3)22-12-10-16-8-9-17(19)14-15(16)2;/h8-9,14H,4-7,10-13H2,1-3H3,(H2,20,21,22);1H. The molecule has 2 N–H and O–H groups in total. The number of nitrogens with zero attached hydrogens (tertiary/aromatic N) is 1. The fraction of sp³-hybridized carbons (Fsp3) is 0.611. The van der Waals surface area contributed by atoms with E-state index in [2.05, 4.69) is 22.5 Å². The molecule has 138 valence electrons. The maximum Gasteiger partial charge on any atom is 0.191 e. The van der Waals surface area contributed by atoms with Crippen LogP contribution in [0.5, 0.6) is 0 Å². The van der Waals surface area contributed by atoms with Gasteiger partial charge in [0.25, 0.3) is 0 Å². The first kappa shape index (κ1) is 23.1. The predicted molar refractivity (Wildman–Crippen MR) is 110 cm³/mol. The van der Waals surface area contributed by atoms with Gasteiger partial charge in [0.05, 0.1) is 0 Å². The van der Waals surface area contributed by atoms with Gasteiger partial charge >= 0.3 is 0 Å². The van der Waals surface area contributed by atoms with E-state index in [0.29, 0.717) is 0 Å². The molecule has 0 bridgehead atoms. The van der Waals surface area contributed by atoms with Gasteiger partial charge in [-0.05, 0) is 62.8 Å². The van der Waals surface area contributed by atoms with Gasteiger partial charge in [0.2, 0.25) is 0 Å². The SMILES string of the molecule is CCNC(=NCCCCCOC)NCCc1ccc(F)cc1C.I. The van der Waals surface area contributed by atoms with Crippen molar-refractivity contribution in [1.29, 1.82) is 0 Å². The van der Waals surface area contributed by atoms with Gasteiger partial charge in [0, 0.05) is 33.4 Å². The van der Waals surface area contributed by atoms with E-state index < -0.39 is 0 Å². The molecule has 6 heteroatoms. The number of aryl methyl sites for hydroxylation is 1. The average Bonchev–Trinajstić information content (AvgIpc) is 2.52. The number of benzene rings is 1. The van der Waals surface area contributed by atoms with E-state index in [1.807, 2.05) is 13.0 Å². The number of aliphatic imine (C=N–C) groups is 1. The van der Waals surface area contributed by atoms with Crippen molar-refractivity contribution in [3.63, 3.8) is 0 Å². The van der Waals surface area contributed by atoms with Crippen LogP contribution in [0.3, 0.4) is 0 Å². The number of hydrogen-bond acceptors (Lipinski definition) is 2. The van der Waals surface area contributed by atoms with Gasteiger partial charge in [-0.2, -0.15) is 0 Å². The van der Waals surface area contributed by atoms with Crippen LogP contribution in [-0.2, 0) is 11.2 Å². The number of halogens is 2. The lowest BCUT2D eigenvalue weighted by atomic mass is 10.1. The molecule has 0 amide bonds.